The number of hydrogen-bond acceptors (Lipinski definition) is 6. The summed E-state index contributed by atoms with van der Waals surface area (Å²) in [4.78, 5) is 47.4. The Labute approximate surface area is 169 Å². The summed E-state index contributed by atoms with van der Waals surface area (Å²) in [5.74, 6) is -2.86. The number of unbranched alkanes of at least 4 members (excludes halogenated alkanes) is 1. The molecule has 8 N–H and O–H groups in total. The highest BCUT2D eigenvalue weighted by Crippen LogP contribution is 2.06. The van der Waals surface area contributed by atoms with E-state index in [1.54, 1.807) is 24.3 Å². The number of rotatable bonds is 13. The number of nitrogens with one attached hydrogen (secondary N) is 3. The smallest absolute Gasteiger partial charge is 0.326 e. The molecular formula is C19H29N5O5. The van der Waals surface area contributed by atoms with Gasteiger partial charge in [-0.3, -0.25) is 14.4 Å². The highest BCUT2D eigenvalue weighted by molar-refractivity contribution is 5.92. The monoisotopic (exact) mass is 407 g/mol. The Bertz CT molecular complexity index is 683. The van der Waals surface area contributed by atoms with Crippen molar-refractivity contribution >= 4 is 23.7 Å². The van der Waals surface area contributed by atoms with Crippen LogP contribution in [0.5, 0.6) is 0 Å². The Balaban J connectivity index is 2.75. The Kier molecular flexibility index (Phi) is 11.0. The molecule has 29 heavy (non-hydrogen) atoms. The van der Waals surface area contributed by atoms with Crippen LogP contribution in [0.3, 0.4) is 0 Å². The van der Waals surface area contributed by atoms with Crippen molar-refractivity contribution in [1.82, 2.24) is 16.0 Å². The molecule has 1 aromatic carbocycles. The molecule has 0 aliphatic rings. The van der Waals surface area contributed by atoms with Crippen LogP contribution < -0.4 is 27.4 Å². The molecule has 0 aromatic heterocycles. The number of aliphatic carboxylic acids is 1. The zero-order valence-corrected chi connectivity index (χ0v) is 16.2. The lowest BCUT2D eigenvalue weighted by Gasteiger charge is -2.22. The van der Waals surface area contributed by atoms with E-state index in [2.05, 4.69) is 16.0 Å². The summed E-state index contributed by atoms with van der Waals surface area (Å²) in [7, 11) is 0. The fraction of sp³-hybridized carbons (Fsp3) is 0.474. The average molecular weight is 407 g/mol. The highest BCUT2D eigenvalue weighted by Gasteiger charge is 2.26. The van der Waals surface area contributed by atoms with Crippen molar-refractivity contribution in [1.29, 1.82) is 0 Å². The van der Waals surface area contributed by atoms with Gasteiger partial charge in [-0.25, -0.2) is 4.79 Å². The Morgan fingerprint density at radius 3 is 2.21 bits per heavy atom. The first-order chi connectivity index (χ1) is 13.9. The quantitative estimate of drug-likeness (QED) is 0.215. The third-order valence-corrected chi connectivity index (χ3v) is 4.13. The molecule has 1 rings (SSSR count). The highest BCUT2D eigenvalue weighted by atomic mass is 16.4. The van der Waals surface area contributed by atoms with Gasteiger partial charge >= 0.3 is 5.97 Å². The van der Waals surface area contributed by atoms with Crippen molar-refractivity contribution < 1.29 is 24.3 Å². The molecular weight excluding hydrogens is 378 g/mol. The van der Waals surface area contributed by atoms with Crippen LogP contribution in [0.15, 0.2) is 30.3 Å². The second-order valence-corrected chi connectivity index (χ2v) is 6.47. The molecule has 0 heterocycles. The van der Waals surface area contributed by atoms with Crippen LogP contribution in [0.1, 0.15) is 24.8 Å². The fourth-order valence-electron chi connectivity index (χ4n) is 2.58. The molecule has 10 heteroatoms. The van der Waals surface area contributed by atoms with E-state index in [0.29, 0.717) is 19.4 Å². The minimum Gasteiger partial charge on any atom is -0.480 e. The molecule has 0 aliphatic carbocycles. The minimum absolute atomic E-state index is 0.109. The molecule has 2 atom stereocenters. The number of carbonyl (C=O) groups is 4. The second kappa shape index (κ2) is 13.2. The van der Waals surface area contributed by atoms with Gasteiger partial charge in [0.2, 0.25) is 17.7 Å². The van der Waals surface area contributed by atoms with Crippen molar-refractivity contribution in [3.8, 4) is 0 Å². The average Bonchev–Trinajstić information content (AvgIpc) is 2.71. The lowest BCUT2D eigenvalue weighted by Crippen LogP contribution is -2.53. The number of nitrogens with two attached hydrogens (primary N) is 2. The van der Waals surface area contributed by atoms with Crippen LogP contribution in [-0.2, 0) is 25.6 Å². The van der Waals surface area contributed by atoms with Crippen molar-refractivity contribution in [3.63, 3.8) is 0 Å². The number of carboxylic acids is 1. The molecule has 2 unspecified atom stereocenters. The first kappa shape index (κ1) is 24.1. The van der Waals surface area contributed by atoms with Crippen LogP contribution in [0.4, 0.5) is 0 Å². The molecule has 0 radical (unpaired) electrons. The fourth-order valence-corrected chi connectivity index (χ4v) is 2.58. The maximum absolute atomic E-state index is 12.6. The normalized spacial score (nSPS) is 12.5. The van der Waals surface area contributed by atoms with Gasteiger partial charge in [0.25, 0.3) is 0 Å². The van der Waals surface area contributed by atoms with E-state index in [-0.39, 0.29) is 25.9 Å². The SMILES string of the molecule is NCCCCC(NC(=O)CNC(=O)CN)C(=O)NC(Cc1ccccc1)C(=O)O. The van der Waals surface area contributed by atoms with E-state index in [0.717, 1.165) is 5.56 Å². The van der Waals surface area contributed by atoms with Gasteiger partial charge in [0, 0.05) is 6.42 Å². The van der Waals surface area contributed by atoms with Gasteiger partial charge in [0.15, 0.2) is 0 Å². The van der Waals surface area contributed by atoms with E-state index < -0.39 is 35.8 Å². The maximum atomic E-state index is 12.6. The van der Waals surface area contributed by atoms with Gasteiger partial charge in [-0.05, 0) is 31.4 Å². The summed E-state index contributed by atoms with van der Waals surface area (Å²) >= 11 is 0. The number of carbonyl (C=O) groups excluding carboxylic acids is 3. The summed E-state index contributed by atoms with van der Waals surface area (Å²) < 4.78 is 0. The van der Waals surface area contributed by atoms with Crippen molar-refractivity contribution in [2.24, 2.45) is 11.5 Å². The summed E-state index contributed by atoms with van der Waals surface area (Å²) in [6.07, 6.45) is 1.62. The Hall–Kier alpha value is -2.98. The molecule has 1 aromatic rings. The Morgan fingerprint density at radius 2 is 1.62 bits per heavy atom. The van der Waals surface area contributed by atoms with Crippen LogP contribution in [0.2, 0.25) is 0 Å². The lowest BCUT2D eigenvalue weighted by atomic mass is 10.0. The van der Waals surface area contributed by atoms with Gasteiger partial charge in [-0.1, -0.05) is 30.3 Å². The lowest BCUT2D eigenvalue weighted by molar-refractivity contribution is -0.142. The minimum atomic E-state index is -1.18. The van der Waals surface area contributed by atoms with E-state index in [4.69, 9.17) is 11.5 Å². The van der Waals surface area contributed by atoms with Gasteiger partial charge in [-0.15, -0.1) is 0 Å². The van der Waals surface area contributed by atoms with Gasteiger partial charge in [0.1, 0.15) is 12.1 Å². The predicted molar refractivity (Wildman–Crippen MR) is 107 cm³/mol. The molecule has 3 amide bonds. The zero-order chi connectivity index (χ0) is 21.6. The predicted octanol–water partition coefficient (Wildman–Crippen LogP) is -1.51. The van der Waals surface area contributed by atoms with E-state index >= 15 is 0 Å². The largest absolute Gasteiger partial charge is 0.480 e. The topological polar surface area (TPSA) is 177 Å². The standard InChI is InChI=1S/C19H29N5O5/c20-9-5-4-8-14(23-17(26)12-22-16(25)11-21)18(27)24-15(19(28)29)10-13-6-2-1-3-7-13/h1-3,6-7,14-15H,4-5,8-12,20-21H2,(H,22,25)(H,23,26)(H,24,27)(H,28,29). The number of hydrogen-bond donors (Lipinski definition) is 6. The van der Waals surface area contributed by atoms with Crippen LogP contribution in [-0.4, -0.2) is 60.5 Å². The summed E-state index contributed by atoms with van der Waals surface area (Å²) in [5, 5.41) is 16.8. The molecule has 160 valence electrons. The summed E-state index contributed by atoms with van der Waals surface area (Å²) in [6.45, 7) is -0.156. The summed E-state index contributed by atoms with van der Waals surface area (Å²) in [6, 6.07) is 6.82. The number of carboxylic acid groups (broad SMARTS) is 1. The van der Waals surface area contributed by atoms with Crippen molar-refractivity contribution in [2.45, 2.75) is 37.8 Å². The Morgan fingerprint density at radius 1 is 0.931 bits per heavy atom. The molecule has 0 aliphatic heterocycles. The number of amides is 3. The molecule has 10 nitrogen and oxygen atoms in total. The van der Waals surface area contributed by atoms with Gasteiger partial charge in [-0.2, -0.15) is 0 Å². The zero-order valence-electron chi connectivity index (χ0n) is 16.2. The van der Waals surface area contributed by atoms with Crippen LogP contribution in [0.25, 0.3) is 0 Å². The van der Waals surface area contributed by atoms with Crippen molar-refractivity contribution in [3.05, 3.63) is 35.9 Å². The van der Waals surface area contributed by atoms with Crippen molar-refractivity contribution in [2.75, 3.05) is 19.6 Å². The molecule has 0 saturated heterocycles. The van der Waals surface area contributed by atoms with E-state index in [1.165, 1.54) is 0 Å². The van der Waals surface area contributed by atoms with E-state index in [9.17, 15) is 24.3 Å². The van der Waals surface area contributed by atoms with E-state index in [1.807, 2.05) is 6.07 Å². The second-order valence-electron chi connectivity index (χ2n) is 6.47. The molecule has 0 saturated carbocycles. The number of benzene rings is 1. The first-order valence-electron chi connectivity index (χ1n) is 9.40. The third-order valence-electron chi connectivity index (χ3n) is 4.13. The van der Waals surface area contributed by atoms with Gasteiger partial charge < -0.3 is 32.5 Å². The van der Waals surface area contributed by atoms with Gasteiger partial charge in [0.05, 0.1) is 13.1 Å². The van der Waals surface area contributed by atoms with Crippen LogP contribution >= 0.6 is 0 Å². The molecule has 0 bridgehead atoms. The van der Waals surface area contributed by atoms with Crippen LogP contribution in [0, 0.1) is 0 Å². The first-order valence-corrected chi connectivity index (χ1v) is 9.40. The molecule has 0 fully saturated rings. The third kappa shape index (κ3) is 9.67. The summed E-state index contributed by atoms with van der Waals surface area (Å²) in [5.41, 5.74) is 11.4. The molecule has 0 spiro atoms. The maximum Gasteiger partial charge on any atom is 0.326 e.